The average molecular weight is 313 g/mol. The van der Waals surface area contributed by atoms with E-state index in [0.29, 0.717) is 11.0 Å². The Hall–Kier alpha value is -1.40. The van der Waals surface area contributed by atoms with Gasteiger partial charge in [0, 0.05) is 23.2 Å². The molecular weight excluding hydrogens is 304 g/mol. The van der Waals surface area contributed by atoms with Crippen LogP contribution < -0.4 is 5.32 Å². The predicted molar refractivity (Wildman–Crippen MR) is 72.4 cm³/mol. The number of nitro benzene ring substituents is 1. The molecule has 0 saturated carbocycles. The number of thiophene rings is 1. The first-order chi connectivity index (χ1) is 8.16. The zero-order chi connectivity index (χ0) is 12.3. The van der Waals surface area contributed by atoms with Gasteiger partial charge in [-0.3, -0.25) is 10.1 Å². The minimum absolute atomic E-state index is 0.0705. The Morgan fingerprint density at radius 2 is 2.24 bits per heavy atom. The quantitative estimate of drug-likeness (QED) is 0.685. The van der Waals surface area contributed by atoms with E-state index in [4.69, 9.17) is 0 Å². The maximum atomic E-state index is 10.8. The minimum atomic E-state index is -0.402. The molecule has 1 aromatic carbocycles. The van der Waals surface area contributed by atoms with Crippen molar-refractivity contribution in [3.8, 4) is 0 Å². The summed E-state index contributed by atoms with van der Waals surface area (Å²) in [5.41, 5.74) is 0.814. The summed E-state index contributed by atoms with van der Waals surface area (Å²) in [5.74, 6) is 0. The number of nitro groups is 1. The van der Waals surface area contributed by atoms with Gasteiger partial charge in [-0.1, -0.05) is 6.07 Å². The smallest absolute Gasteiger partial charge is 0.285 e. The summed E-state index contributed by atoms with van der Waals surface area (Å²) in [6, 6.07) is 9.01. The van der Waals surface area contributed by atoms with E-state index in [0.717, 1.165) is 5.69 Å². The van der Waals surface area contributed by atoms with E-state index in [2.05, 4.69) is 21.2 Å². The maximum absolute atomic E-state index is 10.8. The summed E-state index contributed by atoms with van der Waals surface area (Å²) in [6.07, 6.45) is 0. The Kier molecular flexibility index (Phi) is 3.75. The van der Waals surface area contributed by atoms with Crippen LogP contribution in [0.1, 0.15) is 4.88 Å². The van der Waals surface area contributed by atoms with E-state index in [1.54, 1.807) is 17.4 Å². The predicted octanol–water partition coefficient (Wildman–Crippen LogP) is 4.03. The van der Waals surface area contributed by atoms with E-state index < -0.39 is 4.92 Å². The van der Waals surface area contributed by atoms with Crippen LogP contribution in [0.3, 0.4) is 0 Å². The number of nitrogens with zero attached hydrogens (tertiary/aromatic N) is 1. The zero-order valence-electron chi connectivity index (χ0n) is 8.72. The lowest BCUT2D eigenvalue weighted by Gasteiger charge is -2.05. The van der Waals surface area contributed by atoms with Crippen molar-refractivity contribution in [2.75, 3.05) is 5.32 Å². The first kappa shape index (κ1) is 12.1. The van der Waals surface area contributed by atoms with Gasteiger partial charge in [-0.25, -0.2) is 0 Å². The van der Waals surface area contributed by atoms with Crippen LogP contribution in [-0.4, -0.2) is 4.92 Å². The molecule has 0 fully saturated rings. The molecule has 2 aromatic rings. The van der Waals surface area contributed by atoms with Crippen molar-refractivity contribution in [1.29, 1.82) is 0 Å². The Labute approximate surface area is 111 Å². The molecule has 1 heterocycles. The van der Waals surface area contributed by atoms with Gasteiger partial charge in [-0.05, 0) is 39.5 Å². The fraction of sp³-hybridized carbons (Fsp3) is 0.0909. The molecule has 1 aromatic heterocycles. The lowest BCUT2D eigenvalue weighted by atomic mass is 10.3. The third kappa shape index (κ3) is 3.04. The molecule has 0 radical (unpaired) electrons. The monoisotopic (exact) mass is 312 g/mol. The Bertz CT molecular complexity index is 528. The van der Waals surface area contributed by atoms with Crippen LogP contribution in [0.5, 0.6) is 0 Å². The highest BCUT2D eigenvalue weighted by atomic mass is 79.9. The molecule has 0 atom stereocenters. The van der Waals surface area contributed by atoms with Crippen LogP contribution in [0, 0.1) is 10.1 Å². The van der Waals surface area contributed by atoms with Crippen LogP contribution in [0.25, 0.3) is 0 Å². The number of benzene rings is 1. The molecule has 0 amide bonds. The maximum Gasteiger partial charge on any atom is 0.285 e. The molecule has 0 spiro atoms. The van der Waals surface area contributed by atoms with E-state index >= 15 is 0 Å². The molecule has 6 heteroatoms. The Morgan fingerprint density at radius 1 is 1.41 bits per heavy atom. The Morgan fingerprint density at radius 3 is 2.88 bits per heavy atom. The number of nitrogens with one attached hydrogen (secondary N) is 1. The second kappa shape index (κ2) is 5.29. The van der Waals surface area contributed by atoms with Crippen LogP contribution in [0.4, 0.5) is 11.4 Å². The van der Waals surface area contributed by atoms with Crippen molar-refractivity contribution >= 4 is 38.6 Å². The highest BCUT2D eigenvalue weighted by molar-refractivity contribution is 9.10. The molecule has 0 unspecified atom stereocenters. The molecule has 0 saturated heterocycles. The fourth-order valence-corrected chi connectivity index (χ4v) is 2.40. The molecule has 2 rings (SSSR count). The lowest BCUT2D eigenvalue weighted by molar-refractivity contribution is -0.385. The van der Waals surface area contributed by atoms with Crippen LogP contribution in [0.15, 0.2) is 40.2 Å². The number of hydrogen-bond donors (Lipinski definition) is 1. The second-order valence-corrected chi connectivity index (χ2v) is 5.24. The number of anilines is 1. The van der Waals surface area contributed by atoms with Gasteiger partial charge in [0.1, 0.15) is 0 Å². The summed E-state index contributed by atoms with van der Waals surface area (Å²) in [6.45, 7) is 0.677. The lowest BCUT2D eigenvalue weighted by Crippen LogP contribution is -1.98. The molecule has 1 N–H and O–H groups in total. The number of rotatable bonds is 4. The topological polar surface area (TPSA) is 55.2 Å². The zero-order valence-corrected chi connectivity index (χ0v) is 11.1. The third-order valence-corrected chi connectivity index (χ3v) is 3.74. The second-order valence-electron chi connectivity index (χ2n) is 3.36. The van der Waals surface area contributed by atoms with E-state index in [1.165, 1.54) is 10.9 Å². The summed E-state index contributed by atoms with van der Waals surface area (Å²) in [5, 5.41) is 15.9. The van der Waals surface area contributed by atoms with Crippen molar-refractivity contribution in [1.82, 2.24) is 0 Å². The number of halogens is 1. The molecule has 0 aliphatic rings. The minimum Gasteiger partial charge on any atom is -0.380 e. The van der Waals surface area contributed by atoms with Crippen molar-refractivity contribution in [2.45, 2.75) is 6.54 Å². The summed E-state index contributed by atoms with van der Waals surface area (Å²) in [7, 11) is 0. The molecule has 88 valence electrons. The fourth-order valence-electron chi connectivity index (χ4n) is 1.36. The van der Waals surface area contributed by atoms with Crippen molar-refractivity contribution in [2.24, 2.45) is 0 Å². The third-order valence-electron chi connectivity index (χ3n) is 2.19. The van der Waals surface area contributed by atoms with E-state index in [9.17, 15) is 10.1 Å². The van der Waals surface area contributed by atoms with Gasteiger partial charge in [-0.2, -0.15) is 0 Å². The summed E-state index contributed by atoms with van der Waals surface area (Å²) in [4.78, 5) is 11.5. The SMILES string of the molecule is O=[N+]([O-])c1cc(NCc2cccs2)ccc1Br. The van der Waals surface area contributed by atoms with Crippen molar-refractivity contribution in [3.63, 3.8) is 0 Å². The standard InChI is InChI=1S/C11H9BrN2O2S/c12-10-4-3-8(6-11(10)14(15)16)13-7-9-2-1-5-17-9/h1-6,13H,7H2. The van der Waals surface area contributed by atoms with Gasteiger partial charge in [-0.15, -0.1) is 11.3 Å². The first-order valence-corrected chi connectivity index (χ1v) is 6.54. The molecule has 0 aliphatic carbocycles. The van der Waals surface area contributed by atoms with Gasteiger partial charge in [0.15, 0.2) is 0 Å². The highest BCUT2D eigenvalue weighted by Gasteiger charge is 2.11. The Balaban J connectivity index is 2.11. The van der Waals surface area contributed by atoms with Gasteiger partial charge in [0.2, 0.25) is 0 Å². The van der Waals surface area contributed by atoms with Crippen LogP contribution in [0.2, 0.25) is 0 Å². The van der Waals surface area contributed by atoms with Crippen molar-refractivity contribution in [3.05, 3.63) is 55.2 Å². The molecular formula is C11H9BrN2O2S. The molecule has 0 aliphatic heterocycles. The first-order valence-electron chi connectivity index (χ1n) is 4.87. The molecule has 17 heavy (non-hydrogen) atoms. The van der Waals surface area contributed by atoms with Gasteiger partial charge < -0.3 is 5.32 Å². The van der Waals surface area contributed by atoms with Crippen LogP contribution >= 0.6 is 27.3 Å². The number of hydrogen-bond acceptors (Lipinski definition) is 4. The molecule has 0 bridgehead atoms. The van der Waals surface area contributed by atoms with Gasteiger partial charge in [0.05, 0.1) is 9.40 Å². The van der Waals surface area contributed by atoms with Crippen LogP contribution in [-0.2, 0) is 6.54 Å². The normalized spacial score (nSPS) is 10.2. The van der Waals surface area contributed by atoms with Gasteiger partial charge >= 0.3 is 0 Å². The summed E-state index contributed by atoms with van der Waals surface area (Å²) >= 11 is 4.80. The van der Waals surface area contributed by atoms with E-state index in [-0.39, 0.29) is 5.69 Å². The highest BCUT2D eigenvalue weighted by Crippen LogP contribution is 2.28. The van der Waals surface area contributed by atoms with Gasteiger partial charge in [0.25, 0.3) is 5.69 Å². The van der Waals surface area contributed by atoms with E-state index in [1.807, 2.05) is 23.6 Å². The average Bonchev–Trinajstić information content (AvgIpc) is 2.80. The van der Waals surface area contributed by atoms with Crippen molar-refractivity contribution < 1.29 is 4.92 Å². The largest absolute Gasteiger partial charge is 0.380 e. The summed E-state index contributed by atoms with van der Waals surface area (Å²) < 4.78 is 0.490. The molecule has 4 nitrogen and oxygen atoms in total.